The fourth-order valence-corrected chi connectivity index (χ4v) is 3.05. The molecule has 0 saturated carbocycles. The average molecular weight is 442 g/mol. The van der Waals surface area contributed by atoms with Crippen molar-refractivity contribution >= 4 is 17.5 Å². The molecule has 0 bridgehead atoms. The van der Waals surface area contributed by atoms with Crippen LogP contribution in [0.2, 0.25) is 0 Å². The Bertz CT molecular complexity index is 1100. The SMILES string of the molecule is C[C@](O)(CNC(=O)C(=O)Nc1cccc(C(F)(F)F)c1)c1ccc(-c2ccccc2)cc1. The molecule has 5 nitrogen and oxygen atoms in total. The molecule has 3 aromatic rings. The first-order chi connectivity index (χ1) is 15.1. The average Bonchev–Trinajstić information content (AvgIpc) is 2.78. The number of hydrogen-bond acceptors (Lipinski definition) is 3. The maximum atomic E-state index is 12.8. The Kier molecular flexibility index (Phi) is 6.64. The Balaban J connectivity index is 1.60. The van der Waals surface area contributed by atoms with Gasteiger partial charge in [-0.1, -0.05) is 60.7 Å². The Morgan fingerprint density at radius 2 is 1.44 bits per heavy atom. The summed E-state index contributed by atoms with van der Waals surface area (Å²) in [5.41, 5.74) is -0.0917. The van der Waals surface area contributed by atoms with Crippen molar-refractivity contribution in [3.8, 4) is 11.1 Å². The lowest BCUT2D eigenvalue weighted by atomic mass is 9.93. The van der Waals surface area contributed by atoms with E-state index in [0.717, 1.165) is 29.3 Å². The van der Waals surface area contributed by atoms with E-state index in [-0.39, 0.29) is 12.2 Å². The number of carbonyl (C=O) groups is 2. The number of alkyl halides is 3. The van der Waals surface area contributed by atoms with Gasteiger partial charge in [0.05, 0.1) is 12.1 Å². The van der Waals surface area contributed by atoms with Crippen LogP contribution < -0.4 is 10.6 Å². The highest BCUT2D eigenvalue weighted by Gasteiger charge is 2.31. The van der Waals surface area contributed by atoms with Crippen molar-refractivity contribution in [1.29, 1.82) is 0 Å². The van der Waals surface area contributed by atoms with Crippen molar-refractivity contribution in [2.45, 2.75) is 18.7 Å². The van der Waals surface area contributed by atoms with Crippen molar-refractivity contribution in [3.05, 3.63) is 90.0 Å². The van der Waals surface area contributed by atoms with Gasteiger partial charge in [0.1, 0.15) is 5.60 Å². The van der Waals surface area contributed by atoms with Crippen LogP contribution >= 0.6 is 0 Å². The molecule has 2 amide bonds. The second kappa shape index (κ2) is 9.23. The van der Waals surface area contributed by atoms with Crippen LogP contribution in [0.3, 0.4) is 0 Å². The summed E-state index contributed by atoms with van der Waals surface area (Å²) < 4.78 is 38.3. The molecule has 3 aromatic carbocycles. The third kappa shape index (κ3) is 5.73. The fraction of sp³-hybridized carbons (Fsp3) is 0.167. The van der Waals surface area contributed by atoms with E-state index < -0.39 is 29.2 Å². The fourth-order valence-electron chi connectivity index (χ4n) is 3.05. The Morgan fingerprint density at radius 1 is 0.812 bits per heavy atom. The second-order valence-corrected chi connectivity index (χ2v) is 7.43. The summed E-state index contributed by atoms with van der Waals surface area (Å²) >= 11 is 0. The molecule has 1 atom stereocenters. The Morgan fingerprint density at radius 3 is 2.06 bits per heavy atom. The molecule has 0 saturated heterocycles. The van der Waals surface area contributed by atoms with E-state index in [1.165, 1.54) is 13.0 Å². The molecular weight excluding hydrogens is 421 g/mol. The Hall–Kier alpha value is -3.65. The van der Waals surface area contributed by atoms with Crippen molar-refractivity contribution in [2.24, 2.45) is 0 Å². The summed E-state index contributed by atoms with van der Waals surface area (Å²) in [6.45, 7) is 1.21. The topological polar surface area (TPSA) is 78.4 Å². The first-order valence-electron chi connectivity index (χ1n) is 9.71. The molecule has 0 radical (unpaired) electrons. The summed E-state index contributed by atoms with van der Waals surface area (Å²) in [7, 11) is 0. The van der Waals surface area contributed by atoms with E-state index in [4.69, 9.17) is 0 Å². The smallest absolute Gasteiger partial charge is 0.384 e. The number of nitrogens with one attached hydrogen (secondary N) is 2. The van der Waals surface area contributed by atoms with E-state index in [1.807, 2.05) is 42.5 Å². The van der Waals surface area contributed by atoms with Crippen molar-refractivity contribution in [2.75, 3.05) is 11.9 Å². The van der Waals surface area contributed by atoms with Crippen LogP contribution in [0.4, 0.5) is 18.9 Å². The van der Waals surface area contributed by atoms with Gasteiger partial charge in [0.25, 0.3) is 0 Å². The number of benzene rings is 3. The van der Waals surface area contributed by atoms with Gasteiger partial charge in [0.15, 0.2) is 0 Å². The molecular formula is C24H21F3N2O3. The van der Waals surface area contributed by atoms with E-state index in [1.54, 1.807) is 12.1 Å². The van der Waals surface area contributed by atoms with Crippen LogP contribution in [0.5, 0.6) is 0 Å². The number of rotatable bonds is 5. The number of anilines is 1. The third-order valence-corrected chi connectivity index (χ3v) is 4.86. The predicted molar refractivity (Wildman–Crippen MR) is 115 cm³/mol. The first kappa shape index (κ1) is 23.0. The largest absolute Gasteiger partial charge is 0.416 e. The highest BCUT2D eigenvalue weighted by molar-refractivity contribution is 6.39. The number of carbonyl (C=O) groups excluding carboxylic acids is 2. The van der Waals surface area contributed by atoms with E-state index in [2.05, 4.69) is 10.6 Å². The van der Waals surface area contributed by atoms with Gasteiger partial charge in [-0.2, -0.15) is 13.2 Å². The summed E-state index contributed by atoms with van der Waals surface area (Å²) in [4.78, 5) is 24.1. The standard InChI is InChI=1S/C24H21F3N2O3/c1-23(32,18-12-10-17(11-13-18)16-6-3-2-4-7-16)15-28-21(30)22(31)29-20-9-5-8-19(14-20)24(25,26)27/h2-14,32H,15H2,1H3,(H,28,30)(H,29,31)/t23-/m0/s1. The third-order valence-electron chi connectivity index (χ3n) is 4.86. The van der Waals surface area contributed by atoms with Gasteiger partial charge in [-0.05, 0) is 41.8 Å². The summed E-state index contributed by atoms with van der Waals surface area (Å²) in [5.74, 6) is -2.22. The zero-order valence-electron chi connectivity index (χ0n) is 17.1. The molecule has 3 rings (SSSR count). The minimum absolute atomic E-state index is 0.164. The number of amides is 2. The molecule has 0 aliphatic carbocycles. The molecule has 0 fully saturated rings. The van der Waals surface area contributed by atoms with Crippen LogP contribution in [-0.2, 0) is 21.4 Å². The molecule has 0 aromatic heterocycles. The minimum Gasteiger partial charge on any atom is -0.384 e. The van der Waals surface area contributed by atoms with Gasteiger partial charge >= 0.3 is 18.0 Å². The van der Waals surface area contributed by atoms with Gasteiger partial charge in [0, 0.05) is 5.69 Å². The first-order valence-corrected chi connectivity index (χ1v) is 9.71. The van der Waals surface area contributed by atoms with Crippen LogP contribution in [0.1, 0.15) is 18.1 Å². The summed E-state index contributed by atoms with van der Waals surface area (Å²) in [5, 5.41) is 15.2. The normalized spacial score (nSPS) is 13.2. The highest BCUT2D eigenvalue weighted by Crippen LogP contribution is 2.30. The zero-order valence-corrected chi connectivity index (χ0v) is 17.1. The van der Waals surface area contributed by atoms with Gasteiger partial charge < -0.3 is 15.7 Å². The van der Waals surface area contributed by atoms with Gasteiger partial charge in [-0.25, -0.2) is 0 Å². The van der Waals surface area contributed by atoms with Gasteiger partial charge in [-0.3, -0.25) is 9.59 Å². The molecule has 166 valence electrons. The van der Waals surface area contributed by atoms with Crippen LogP contribution in [0.15, 0.2) is 78.9 Å². The van der Waals surface area contributed by atoms with Crippen molar-refractivity contribution in [1.82, 2.24) is 5.32 Å². The summed E-state index contributed by atoms with van der Waals surface area (Å²) in [6, 6.07) is 20.7. The van der Waals surface area contributed by atoms with Crippen molar-refractivity contribution in [3.63, 3.8) is 0 Å². The number of aliphatic hydroxyl groups is 1. The Labute approximate surface area is 182 Å². The van der Waals surface area contributed by atoms with Crippen LogP contribution in [0, 0.1) is 0 Å². The predicted octanol–water partition coefficient (Wildman–Crippen LogP) is 4.33. The molecule has 0 aliphatic rings. The summed E-state index contributed by atoms with van der Waals surface area (Å²) in [6.07, 6.45) is -4.57. The van der Waals surface area contributed by atoms with Crippen LogP contribution in [0.25, 0.3) is 11.1 Å². The zero-order chi connectivity index (χ0) is 23.4. The molecule has 0 unspecified atom stereocenters. The molecule has 8 heteroatoms. The number of hydrogen-bond donors (Lipinski definition) is 3. The monoisotopic (exact) mass is 442 g/mol. The molecule has 0 heterocycles. The molecule has 3 N–H and O–H groups in total. The maximum absolute atomic E-state index is 12.8. The lowest BCUT2D eigenvalue weighted by molar-refractivity contribution is -0.137. The van der Waals surface area contributed by atoms with E-state index >= 15 is 0 Å². The maximum Gasteiger partial charge on any atom is 0.416 e. The lowest BCUT2D eigenvalue weighted by Gasteiger charge is -2.24. The van der Waals surface area contributed by atoms with Crippen molar-refractivity contribution < 1.29 is 27.9 Å². The van der Waals surface area contributed by atoms with Gasteiger partial charge in [-0.15, -0.1) is 0 Å². The second-order valence-electron chi connectivity index (χ2n) is 7.43. The molecule has 32 heavy (non-hydrogen) atoms. The quantitative estimate of drug-likeness (QED) is 0.515. The highest BCUT2D eigenvalue weighted by atomic mass is 19.4. The van der Waals surface area contributed by atoms with E-state index in [0.29, 0.717) is 5.56 Å². The van der Waals surface area contributed by atoms with Crippen LogP contribution in [-0.4, -0.2) is 23.5 Å². The lowest BCUT2D eigenvalue weighted by Crippen LogP contribution is -2.43. The minimum atomic E-state index is -4.57. The molecule has 0 aliphatic heterocycles. The van der Waals surface area contributed by atoms with Gasteiger partial charge in [0.2, 0.25) is 0 Å². The molecule has 0 spiro atoms. The number of halogens is 3. The van der Waals surface area contributed by atoms with E-state index in [9.17, 15) is 27.9 Å².